The first kappa shape index (κ1) is 7.35. The van der Waals surface area contributed by atoms with Crippen molar-refractivity contribution in [1.82, 2.24) is 0 Å². The first-order valence-corrected chi connectivity index (χ1v) is 4.23. The van der Waals surface area contributed by atoms with Crippen LogP contribution in [0.2, 0.25) is 0 Å². The van der Waals surface area contributed by atoms with E-state index >= 15 is 0 Å². The van der Waals surface area contributed by atoms with Crippen molar-refractivity contribution in [3.05, 3.63) is 47.5 Å². The molecule has 12 heavy (non-hydrogen) atoms. The maximum atomic E-state index is 2.24. The average Bonchev–Trinajstić information content (AvgIpc) is 2.43. The minimum atomic E-state index is 1.33. The van der Waals surface area contributed by atoms with Gasteiger partial charge in [-0.3, -0.25) is 0 Å². The molecule has 0 aromatic heterocycles. The Morgan fingerprint density at radius 2 is 1.50 bits per heavy atom. The van der Waals surface area contributed by atoms with E-state index in [2.05, 4.69) is 50.2 Å². The lowest BCUT2D eigenvalue weighted by molar-refractivity contribution is 1.37. The van der Waals surface area contributed by atoms with Gasteiger partial charge in [-0.05, 0) is 36.1 Å². The van der Waals surface area contributed by atoms with Gasteiger partial charge in [0.25, 0.3) is 0 Å². The predicted molar refractivity (Wildman–Crippen MR) is 52.5 cm³/mol. The normalized spacial score (nSPS) is 10.5. The molecule has 0 aromatic carbocycles. The van der Waals surface area contributed by atoms with Crippen molar-refractivity contribution in [1.29, 1.82) is 0 Å². The lowest BCUT2D eigenvalue weighted by Gasteiger charge is -1.90. The van der Waals surface area contributed by atoms with Crippen LogP contribution in [0.1, 0.15) is 11.1 Å². The van der Waals surface area contributed by atoms with Crippen LogP contribution in [0, 0.1) is 13.8 Å². The van der Waals surface area contributed by atoms with Crippen LogP contribution >= 0.6 is 0 Å². The smallest absolute Gasteiger partial charge is 0.0181 e. The van der Waals surface area contributed by atoms with E-state index < -0.39 is 0 Å². The van der Waals surface area contributed by atoms with E-state index in [-0.39, 0.29) is 0 Å². The van der Waals surface area contributed by atoms with Crippen LogP contribution in [0.4, 0.5) is 0 Å². The van der Waals surface area contributed by atoms with Gasteiger partial charge in [0.1, 0.15) is 0 Å². The molecule has 0 radical (unpaired) electrons. The summed E-state index contributed by atoms with van der Waals surface area (Å²) in [5, 5.41) is 0. The molecule has 0 atom stereocenters. The summed E-state index contributed by atoms with van der Waals surface area (Å²) in [5.74, 6) is 0. The number of rotatable bonds is 0. The van der Waals surface area contributed by atoms with E-state index in [0.29, 0.717) is 0 Å². The van der Waals surface area contributed by atoms with Crippen LogP contribution in [0.25, 0.3) is 11.1 Å². The maximum absolute atomic E-state index is 2.24. The van der Waals surface area contributed by atoms with Crippen LogP contribution in [0.5, 0.6) is 0 Å². The zero-order chi connectivity index (χ0) is 8.55. The van der Waals surface area contributed by atoms with Crippen molar-refractivity contribution < 1.29 is 0 Å². The molecule has 2 aliphatic carbocycles. The van der Waals surface area contributed by atoms with Crippen molar-refractivity contribution >= 4 is 0 Å². The minimum absolute atomic E-state index is 1.33. The second-order valence-electron chi connectivity index (χ2n) is 3.28. The predicted octanol–water partition coefficient (Wildman–Crippen LogP) is 3.41. The lowest BCUT2D eigenvalue weighted by Crippen LogP contribution is -1.71. The van der Waals surface area contributed by atoms with Crippen molar-refractivity contribution in [2.75, 3.05) is 0 Å². The zero-order valence-electron chi connectivity index (χ0n) is 7.46. The highest BCUT2D eigenvalue weighted by Gasteiger charge is 1.99. The Morgan fingerprint density at radius 1 is 0.750 bits per heavy atom. The second kappa shape index (κ2) is 2.63. The molecule has 0 nitrogen and oxygen atoms in total. The molecule has 0 heteroatoms. The molecular formula is C12H12. The van der Waals surface area contributed by atoms with E-state index in [9.17, 15) is 0 Å². The molecule has 0 unspecified atom stereocenters. The highest BCUT2D eigenvalue weighted by atomic mass is 14.0. The minimum Gasteiger partial charge on any atom is -0.0610 e. The Morgan fingerprint density at radius 3 is 2.33 bits per heavy atom. The molecule has 0 heterocycles. The summed E-state index contributed by atoms with van der Waals surface area (Å²) < 4.78 is 0. The van der Waals surface area contributed by atoms with Crippen LogP contribution in [0.15, 0.2) is 36.4 Å². The Bertz CT molecular complexity index is 374. The van der Waals surface area contributed by atoms with E-state index in [0.717, 1.165) is 0 Å². The van der Waals surface area contributed by atoms with Gasteiger partial charge in [0.2, 0.25) is 0 Å². The summed E-state index contributed by atoms with van der Waals surface area (Å²) in [4.78, 5) is 0. The van der Waals surface area contributed by atoms with Crippen molar-refractivity contribution in [3.63, 3.8) is 0 Å². The third-order valence-corrected chi connectivity index (χ3v) is 2.39. The van der Waals surface area contributed by atoms with Gasteiger partial charge in [-0.25, -0.2) is 0 Å². The summed E-state index contributed by atoms with van der Waals surface area (Å²) in [7, 11) is 0. The standard InChI is InChI=1S/C12H12/c1-9-6-7-11-4-3-5-12(11)8-10(9)2/h3-8H,1-2H3. The number of hydrogen-bond acceptors (Lipinski definition) is 0. The van der Waals surface area contributed by atoms with Gasteiger partial charge < -0.3 is 0 Å². The van der Waals surface area contributed by atoms with Gasteiger partial charge in [-0.15, -0.1) is 0 Å². The van der Waals surface area contributed by atoms with Crippen LogP contribution in [-0.4, -0.2) is 0 Å². The SMILES string of the molecule is Cc1ccc2cccc-2cc1C. The quantitative estimate of drug-likeness (QED) is 0.548. The Hall–Kier alpha value is -1.30. The second-order valence-corrected chi connectivity index (χ2v) is 3.28. The fourth-order valence-corrected chi connectivity index (χ4v) is 1.42. The molecular weight excluding hydrogens is 144 g/mol. The van der Waals surface area contributed by atoms with Gasteiger partial charge in [-0.1, -0.05) is 36.4 Å². The topological polar surface area (TPSA) is 0 Å². The monoisotopic (exact) mass is 156 g/mol. The fourth-order valence-electron chi connectivity index (χ4n) is 1.42. The van der Waals surface area contributed by atoms with Crippen LogP contribution in [-0.2, 0) is 0 Å². The molecule has 0 N–H and O–H groups in total. The highest BCUT2D eigenvalue weighted by molar-refractivity contribution is 5.66. The number of hydrogen-bond donors (Lipinski definition) is 0. The Balaban J connectivity index is 2.75. The summed E-state index contributed by atoms with van der Waals surface area (Å²) in [5.41, 5.74) is 5.37. The zero-order valence-corrected chi connectivity index (χ0v) is 7.46. The fraction of sp³-hybridized carbons (Fsp3) is 0.167. The molecule has 0 aromatic rings. The molecule has 60 valence electrons. The van der Waals surface area contributed by atoms with Crippen LogP contribution in [0.3, 0.4) is 0 Å². The molecule has 0 amide bonds. The van der Waals surface area contributed by atoms with E-state index in [1.54, 1.807) is 0 Å². The first-order chi connectivity index (χ1) is 5.77. The number of aryl methyl sites for hydroxylation is 2. The molecule has 0 spiro atoms. The van der Waals surface area contributed by atoms with E-state index in [4.69, 9.17) is 0 Å². The van der Waals surface area contributed by atoms with Crippen molar-refractivity contribution in [3.8, 4) is 11.1 Å². The van der Waals surface area contributed by atoms with Crippen LogP contribution < -0.4 is 0 Å². The third kappa shape index (κ3) is 1.10. The van der Waals surface area contributed by atoms with Gasteiger partial charge in [-0.2, -0.15) is 0 Å². The maximum Gasteiger partial charge on any atom is -0.0181 e. The van der Waals surface area contributed by atoms with E-state index in [1.807, 2.05) is 0 Å². The summed E-state index contributed by atoms with van der Waals surface area (Å²) in [6, 6.07) is 13.0. The lowest BCUT2D eigenvalue weighted by atomic mass is 10.1. The van der Waals surface area contributed by atoms with Gasteiger partial charge >= 0.3 is 0 Å². The van der Waals surface area contributed by atoms with Gasteiger partial charge in [0.05, 0.1) is 0 Å². The molecule has 2 rings (SSSR count). The Kier molecular flexibility index (Phi) is 1.61. The highest BCUT2D eigenvalue weighted by Crippen LogP contribution is 2.23. The molecule has 0 aliphatic heterocycles. The molecule has 0 saturated carbocycles. The summed E-state index contributed by atoms with van der Waals surface area (Å²) in [6.07, 6.45) is 0. The first-order valence-electron chi connectivity index (χ1n) is 4.23. The average molecular weight is 156 g/mol. The number of fused-ring (bicyclic) bond motifs is 1. The largest absolute Gasteiger partial charge is 0.0610 e. The Labute approximate surface area is 73.2 Å². The van der Waals surface area contributed by atoms with E-state index in [1.165, 1.54) is 22.3 Å². The van der Waals surface area contributed by atoms with Crippen molar-refractivity contribution in [2.45, 2.75) is 13.8 Å². The molecule has 0 saturated heterocycles. The van der Waals surface area contributed by atoms with Gasteiger partial charge in [0.15, 0.2) is 0 Å². The van der Waals surface area contributed by atoms with Crippen molar-refractivity contribution in [2.24, 2.45) is 0 Å². The summed E-state index contributed by atoms with van der Waals surface area (Å²) >= 11 is 0. The summed E-state index contributed by atoms with van der Waals surface area (Å²) in [6.45, 7) is 4.30. The molecule has 0 bridgehead atoms. The van der Waals surface area contributed by atoms with Gasteiger partial charge in [0, 0.05) is 0 Å². The molecule has 2 aliphatic rings. The molecule has 0 fully saturated rings. The third-order valence-electron chi connectivity index (χ3n) is 2.39.